The summed E-state index contributed by atoms with van der Waals surface area (Å²) in [5, 5.41) is 0. The van der Waals surface area contributed by atoms with Crippen LogP contribution < -0.4 is 0 Å². The van der Waals surface area contributed by atoms with Crippen molar-refractivity contribution in [2.45, 2.75) is 24.3 Å². The molecule has 4 rings (SSSR count). The van der Waals surface area contributed by atoms with Crippen LogP contribution >= 0.6 is 0 Å². The summed E-state index contributed by atoms with van der Waals surface area (Å²) in [5.41, 5.74) is 1.69. The maximum atomic E-state index is 12.9. The van der Waals surface area contributed by atoms with Crippen LogP contribution in [0.15, 0.2) is 59.5 Å². The highest BCUT2D eigenvalue weighted by molar-refractivity contribution is 7.89. The smallest absolute Gasteiger partial charge is 0.254 e. The Kier molecular flexibility index (Phi) is 4.32. The molecule has 6 heteroatoms. The molecule has 2 saturated heterocycles. The van der Waals surface area contributed by atoms with E-state index in [1.807, 2.05) is 42.2 Å². The van der Waals surface area contributed by atoms with Gasteiger partial charge in [0, 0.05) is 25.2 Å². The van der Waals surface area contributed by atoms with Gasteiger partial charge in [0.15, 0.2) is 0 Å². The second-order valence-corrected chi connectivity index (χ2v) is 9.05. The topological polar surface area (TPSA) is 57.7 Å². The molecule has 0 N–H and O–H groups in total. The second kappa shape index (κ2) is 6.52. The highest BCUT2D eigenvalue weighted by Crippen LogP contribution is 2.35. The van der Waals surface area contributed by atoms with Gasteiger partial charge < -0.3 is 4.90 Å². The number of hydrogen-bond donors (Lipinski definition) is 0. The van der Waals surface area contributed by atoms with E-state index in [0.717, 1.165) is 18.5 Å². The summed E-state index contributed by atoms with van der Waals surface area (Å²) in [6.45, 7) is 3.55. The number of likely N-dealkylation sites (tertiary alicyclic amines) is 1. The summed E-state index contributed by atoms with van der Waals surface area (Å²) in [7, 11) is -3.52. The van der Waals surface area contributed by atoms with Gasteiger partial charge in [0.05, 0.1) is 10.9 Å². The van der Waals surface area contributed by atoms with Crippen molar-refractivity contribution in [1.82, 2.24) is 9.21 Å². The average Bonchev–Trinajstić information content (AvgIpc) is 2.63. The number of hydrogen-bond acceptors (Lipinski definition) is 3. The molecular weight excluding hydrogens is 348 g/mol. The predicted octanol–water partition coefficient (Wildman–Crippen LogP) is 2.53. The van der Waals surface area contributed by atoms with E-state index in [0.29, 0.717) is 29.5 Å². The molecule has 2 aromatic carbocycles. The van der Waals surface area contributed by atoms with Crippen LogP contribution in [0, 0.1) is 12.8 Å². The fraction of sp³-hybridized carbons (Fsp3) is 0.350. The number of carbonyl (C=O) groups excluding carboxylic acids is 1. The number of fused-ring (bicyclic) bond motifs is 1. The van der Waals surface area contributed by atoms with E-state index in [1.165, 1.54) is 4.31 Å². The molecular formula is C20H22N2O3S. The number of amides is 1. The predicted molar refractivity (Wildman–Crippen MR) is 99.3 cm³/mol. The highest BCUT2D eigenvalue weighted by Gasteiger charge is 2.47. The molecule has 2 aliphatic rings. The lowest BCUT2D eigenvalue weighted by Crippen LogP contribution is -2.66. The number of piperidine rings is 1. The third kappa shape index (κ3) is 2.93. The molecule has 0 aromatic heterocycles. The zero-order valence-corrected chi connectivity index (χ0v) is 15.5. The minimum atomic E-state index is -3.52. The molecule has 5 nitrogen and oxygen atoms in total. The SMILES string of the molecule is Cc1ccc(S(=O)(=O)N2CC[C@@H]3CN(C(=O)c4ccccc4)[C@@H]3C2)cc1. The Balaban J connectivity index is 1.52. The van der Waals surface area contributed by atoms with Crippen molar-refractivity contribution in [1.29, 1.82) is 0 Å². The summed E-state index contributed by atoms with van der Waals surface area (Å²) < 4.78 is 27.4. The summed E-state index contributed by atoms with van der Waals surface area (Å²) in [5.74, 6) is 0.383. The summed E-state index contributed by atoms with van der Waals surface area (Å²) >= 11 is 0. The maximum absolute atomic E-state index is 12.9. The van der Waals surface area contributed by atoms with Gasteiger partial charge in [-0.3, -0.25) is 4.79 Å². The Morgan fingerprint density at radius 1 is 1.00 bits per heavy atom. The zero-order valence-electron chi connectivity index (χ0n) is 14.7. The van der Waals surface area contributed by atoms with Gasteiger partial charge in [0.25, 0.3) is 5.91 Å². The van der Waals surface area contributed by atoms with E-state index in [1.54, 1.807) is 24.3 Å². The van der Waals surface area contributed by atoms with Crippen molar-refractivity contribution in [3.05, 3.63) is 65.7 Å². The van der Waals surface area contributed by atoms with Crippen LogP contribution in [0.4, 0.5) is 0 Å². The molecule has 26 heavy (non-hydrogen) atoms. The van der Waals surface area contributed by atoms with Crippen LogP contribution in [0.5, 0.6) is 0 Å². The van der Waals surface area contributed by atoms with Crippen LogP contribution in [0.2, 0.25) is 0 Å². The lowest BCUT2D eigenvalue weighted by atomic mass is 9.82. The molecule has 1 amide bonds. The third-order valence-corrected chi connectivity index (χ3v) is 7.34. The van der Waals surface area contributed by atoms with E-state index in [4.69, 9.17) is 0 Å². The van der Waals surface area contributed by atoms with Gasteiger partial charge >= 0.3 is 0 Å². The normalized spacial score (nSPS) is 23.2. The van der Waals surface area contributed by atoms with Crippen molar-refractivity contribution in [2.75, 3.05) is 19.6 Å². The van der Waals surface area contributed by atoms with Crippen molar-refractivity contribution in [2.24, 2.45) is 5.92 Å². The number of sulfonamides is 1. The quantitative estimate of drug-likeness (QED) is 0.834. The fourth-order valence-electron chi connectivity index (χ4n) is 3.82. The maximum Gasteiger partial charge on any atom is 0.254 e. The number of nitrogens with zero attached hydrogens (tertiary/aromatic N) is 2. The molecule has 0 radical (unpaired) electrons. The Morgan fingerprint density at radius 2 is 1.69 bits per heavy atom. The van der Waals surface area contributed by atoms with E-state index in [-0.39, 0.29) is 11.9 Å². The van der Waals surface area contributed by atoms with Crippen LogP contribution in [-0.4, -0.2) is 49.2 Å². The first-order valence-corrected chi connectivity index (χ1v) is 10.3. The Bertz CT molecular complexity index is 910. The summed E-state index contributed by atoms with van der Waals surface area (Å²) in [4.78, 5) is 14.8. The van der Waals surface area contributed by atoms with Crippen molar-refractivity contribution in [3.63, 3.8) is 0 Å². The number of carbonyl (C=O) groups is 1. The fourth-order valence-corrected chi connectivity index (χ4v) is 5.30. The zero-order chi connectivity index (χ0) is 18.3. The minimum Gasteiger partial charge on any atom is -0.334 e. The minimum absolute atomic E-state index is 0.0126. The molecule has 0 spiro atoms. The monoisotopic (exact) mass is 370 g/mol. The van der Waals surface area contributed by atoms with Gasteiger partial charge in [-0.25, -0.2) is 8.42 Å². The van der Waals surface area contributed by atoms with Crippen LogP contribution in [-0.2, 0) is 10.0 Å². The molecule has 0 bridgehead atoms. The lowest BCUT2D eigenvalue weighted by molar-refractivity contribution is -0.0118. The third-order valence-electron chi connectivity index (χ3n) is 5.46. The van der Waals surface area contributed by atoms with Crippen molar-refractivity contribution in [3.8, 4) is 0 Å². The summed E-state index contributed by atoms with van der Waals surface area (Å²) in [6, 6.07) is 16.1. The van der Waals surface area contributed by atoms with Crippen molar-refractivity contribution < 1.29 is 13.2 Å². The number of benzene rings is 2. The van der Waals surface area contributed by atoms with E-state index >= 15 is 0 Å². The van der Waals surface area contributed by atoms with Gasteiger partial charge in [-0.1, -0.05) is 35.9 Å². The van der Waals surface area contributed by atoms with Gasteiger partial charge in [0.2, 0.25) is 10.0 Å². The Labute approximate surface area is 154 Å². The molecule has 136 valence electrons. The van der Waals surface area contributed by atoms with Crippen LogP contribution in [0.1, 0.15) is 22.3 Å². The van der Waals surface area contributed by atoms with Crippen molar-refractivity contribution >= 4 is 15.9 Å². The molecule has 0 unspecified atom stereocenters. The average molecular weight is 370 g/mol. The van der Waals surface area contributed by atoms with E-state index < -0.39 is 10.0 Å². The van der Waals surface area contributed by atoms with Gasteiger partial charge in [-0.15, -0.1) is 0 Å². The van der Waals surface area contributed by atoms with Gasteiger partial charge in [0.1, 0.15) is 0 Å². The van der Waals surface area contributed by atoms with Crippen LogP contribution in [0.25, 0.3) is 0 Å². The summed E-state index contributed by atoms with van der Waals surface area (Å²) in [6.07, 6.45) is 0.800. The molecule has 0 saturated carbocycles. The molecule has 0 aliphatic carbocycles. The van der Waals surface area contributed by atoms with E-state index in [2.05, 4.69) is 0 Å². The Morgan fingerprint density at radius 3 is 2.38 bits per heavy atom. The Hall–Kier alpha value is -2.18. The molecule has 2 aliphatic heterocycles. The first-order chi connectivity index (χ1) is 12.5. The molecule has 2 aromatic rings. The largest absolute Gasteiger partial charge is 0.334 e. The number of aryl methyl sites for hydroxylation is 1. The number of rotatable bonds is 3. The first-order valence-electron chi connectivity index (χ1n) is 8.89. The molecule has 2 heterocycles. The molecule has 2 atom stereocenters. The molecule has 2 fully saturated rings. The van der Waals surface area contributed by atoms with E-state index in [9.17, 15) is 13.2 Å². The van der Waals surface area contributed by atoms with Gasteiger partial charge in [-0.2, -0.15) is 4.31 Å². The standard InChI is InChI=1S/C20H22N2O3S/c1-15-7-9-18(10-8-15)26(24,25)21-12-11-17-13-22(19(17)14-21)20(23)16-5-3-2-4-6-16/h2-10,17,19H,11-14H2,1H3/t17-,19-/m1/s1. The van der Waals surface area contributed by atoms with Gasteiger partial charge in [-0.05, 0) is 43.5 Å². The first kappa shape index (κ1) is 17.2. The van der Waals surface area contributed by atoms with Crippen LogP contribution in [0.3, 0.4) is 0 Å². The lowest BCUT2D eigenvalue weighted by Gasteiger charge is -2.53. The second-order valence-electron chi connectivity index (χ2n) is 7.12. The highest BCUT2D eigenvalue weighted by atomic mass is 32.2.